The molecule has 2 aliphatic heterocycles. The zero-order valence-electron chi connectivity index (χ0n) is 16.4. The molecule has 2 aliphatic rings. The van der Waals surface area contributed by atoms with Crippen LogP contribution in [-0.2, 0) is 0 Å². The summed E-state index contributed by atoms with van der Waals surface area (Å²) in [6, 6.07) is 8.88. The quantitative estimate of drug-likeness (QED) is 0.773. The van der Waals surface area contributed by atoms with Gasteiger partial charge < -0.3 is 5.32 Å². The normalized spacial score (nSPS) is 20.9. The predicted molar refractivity (Wildman–Crippen MR) is 119 cm³/mol. The minimum atomic E-state index is 0.661. The van der Waals surface area contributed by atoms with Crippen molar-refractivity contribution < 1.29 is 0 Å². The lowest BCUT2D eigenvalue weighted by Crippen LogP contribution is -2.30. The number of amidine groups is 1. The van der Waals surface area contributed by atoms with E-state index in [-0.39, 0.29) is 0 Å². The van der Waals surface area contributed by atoms with Crippen LogP contribution < -0.4 is 5.32 Å². The number of aliphatic imine (C=N–C) groups is 2. The van der Waals surface area contributed by atoms with Crippen molar-refractivity contribution in [3.63, 3.8) is 0 Å². The van der Waals surface area contributed by atoms with Crippen LogP contribution in [0.3, 0.4) is 0 Å². The highest BCUT2D eigenvalue weighted by Crippen LogP contribution is 2.31. The molecule has 2 heterocycles. The van der Waals surface area contributed by atoms with Gasteiger partial charge in [-0.05, 0) is 49.2 Å². The number of nitrogens with one attached hydrogen (secondary N) is 1. The molecule has 0 aliphatic carbocycles. The van der Waals surface area contributed by atoms with Crippen LogP contribution in [0.25, 0.3) is 5.70 Å². The second-order valence-corrected chi connectivity index (χ2v) is 7.61. The Balaban J connectivity index is 1.77. The lowest BCUT2D eigenvalue weighted by atomic mass is 9.89. The van der Waals surface area contributed by atoms with E-state index in [0.29, 0.717) is 5.92 Å². The molecule has 27 heavy (non-hydrogen) atoms. The Morgan fingerprint density at radius 1 is 1.26 bits per heavy atom. The van der Waals surface area contributed by atoms with Crippen LogP contribution in [-0.4, -0.2) is 42.2 Å². The summed E-state index contributed by atoms with van der Waals surface area (Å²) in [4.78, 5) is 9.19. The van der Waals surface area contributed by atoms with E-state index in [0.717, 1.165) is 28.4 Å². The highest BCUT2D eigenvalue weighted by molar-refractivity contribution is 7.96. The second-order valence-electron chi connectivity index (χ2n) is 6.73. The summed E-state index contributed by atoms with van der Waals surface area (Å²) in [6.07, 6.45) is 10.3. The number of hydrogen-bond acceptors (Lipinski definition) is 5. The molecular weight excluding hydrogens is 352 g/mol. The molecule has 0 spiro atoms. The minimum Gasteiger partial charge on any atom is -0.371 e. The standard InChI is InChI=1S/C22H28N4S/c1-5-12-24-21-16(2)15-20(25-22(21)23-3)19-8-6-17(7-9-19)18-10-13-26(27-4)14-11-18/h5-9,12,15,18H,2,10-11,13-14H2,1,3-4H3,(H,23,25)/b12-5-,24-21+. The van der Waals surface area contributed by atoms with Gasteiger partial charge >= 0.3 is 0 Å². The number of nitrogens with zero attached hydrogens (tertiary/aromatic N) is 3. The first-order valence-electron chi connectivity index (χ1n) is 9.42. The van der Waals surface area contributed by atoms with Gasteiger partial charge in [0.2, 0.25) is 0 Å². The molecule has 4 nitrogen and oxygen atoms in total. The van der Waals surface area contributed by atoms with E-state index < -0.39 is 0 Å². The number of hydrogen-bond donors (Lipinski definition) is 1. The topological polar surface area (TPSA) is 40.0 Å². The van der Waals surface area contributed by atoms with Gasteiger partial charge in [0.05, 0.1) is 5.70 Å². The minimum absolute atomic E-state index is 0.661. The smallest absolute Gasteiger partial charge is 0.152 e. The molecule has 0 saturated carbocycles. The number of allylic oxidation sites excluding steroid dienone is 2. The average molecular weight is 381 g/mol. The van der Waals surface area contributed by atoms with E-state index in [1.807, 2.05) is 38.1 Å². The molecule has 0 unspecified atom stereocenters. The van der Waals surface area contributed by atoms with Crippen LogP contribution >= 0.6 is 11.9 Å². The maximum Gasteiger partial charge on any atom is 0.152 e. The van der Waals surface area contributed by atoms with Gasteiger partial charge in [0.25, 0.3) is 0 Å². The van der Waals surface area contributed by atoms with Crippen molar-refractivity contribution in [2.45, 2.75) is 25.7 Å². The Hall–Kier alpha value is -2.11. The van der Waals surface area contributed by atoms with Gasteiger partial charge in [-0.25, -0.2) is 4.99 Å². The van der Waals surface area contributed by atoms with E-state index in [4.69, 9.17) is 4.99 Å². The van der Waals surface area contributed by atoms with Crippen LogP contribution in [0.1, 0.15) is 36.8 Å². The first-order chi connectivity index (χ1) is 13.2. The van der Waals surface area contributed by atoms with Crippen molar-refractivity contribution in [3.05, 3.63) is 65.9 Å². The van der Waals surface area contributed by atoms with Gasteiger partial charge in [0.15, 0.2) is 5.84 Å². The molecule has 1 fully saturated rings. The predicted octanol–water partition coefficient (Wildman–Crippen LogP) is 4.65. The fourth-order valence-electron chi connectivity index (χ4n) is 3.50. The number of benzene rings is 1. The third-order valence-electron chi connectivity index (χ3n) is 5.05. The third-order valence-corrected chi connectivity index (χ3v) is 5.93. The summed E-state index contributed by atoms with van der Waals surface area (Å²) in [5.74, 6) is 1.41. The Labute approximate surface area is 167 Å². The molecule has 0 amide bonds. The monoisotopic (exact) mass is 380 g/mol. The molecule has 0 bridgehead atoms. The van der Waals surface area contributed by atoms with Crippen molar-refractivity contribution in [3.8, 4) is 0 Å². The van der Waals surface area contributed by atoms with Gasteiger partial charge in [0.1, 0.15) is 5.71 Å². The Morgan fingerprint density at radius 3 is 2.56 bits per heavy atom. The number of rotatable bonds is 4. The zero-order chi connectivity index (χ0) is 19.2. The lowest BCUT2D eigenvalue weighted by molar-refractivity contribution is 0.347. The van der Waals surface area contributed by atoms with Gasteiger partial charge in [-0.15, -0.1) is 0 Å². The van der Waals surface area contributed by atoms with Crippen LogP contribution in [0.5, 0.6) is 0 Å². The van der Waals surface area contributed by atoms with Crippen LogP contribution in [0, 0.1) is 0 Å². The molecule has 0 radical (unpaired) electrons. The molecule has 142 valence electrons. The summed E-state index contributed by atoms with van der Waals surface area (Å²) in [5, 5.41) is 3.14. The van der Waals surface area contributed by atoms with Crippen molar-refractivity contribution in [1.29, 1.82) is 0 Å². The fourth-order valence-corrected chi connectivity index (χ4v) is 4.08. The van der Waals surface area contributed by atoms with Gasteiger partial charge in [0, 0.05) is 31.9 Å². The number of piperidine rings is 1. The highest BCUT2D eigenvalue weighted by Gasteiger charge is 2.21. The van der Waals surface area contributed by atoms with E-state index in [1.165, 1.54) is 31.5 Å². The Bertz CT molecular complexity index is 794. The SMILES string of the molecule is C=C1C=C(c2ccc(C3CCN(SC)CC3)cc2)N=C(NC)/C1=N/C=C\C. The fraction of sp³-hybridized carbons (Fsp3) is 0.364. The second kappa shape index (κ2) is 9.20. The van der Waals surface area contributed by atoms with Crippen molar-refractivity contribution in [2.24, 2.45) is 9.98 Å². The molecule has 0 aromatic heterocycles. The molecule has 1 N–H and O–H groups in total. The Kier molecular flexibility index (Phi) is 6.69. The first-order valence-corrected chi connectivity index (χ1v) is 10.6. The van der Waals surface area contributed by atoms with Crippen LogP contribution in [0.15, 0.2) is 64.8 Å². The maximum absolute atomic E-state index is 4.75. The zero-order valence-corrected chi connectivity index (χ0v) is 17.2. The van der Waals surface area contributed by atoms with Crippen molar-refractivity contribution in [1.82, 2.24) is 9.62 Å². The molecule has 1 saturated heterocycles. The summed E-state index contributed by atoms with van der Waals surface area (Å²) in [6.45, 7) is 8.44. The lowest BCUT2D eigenvalue weighted by Gasteiger charge is -2.30. The van der Waals surface area contributed by atoms with E-state index in [1.54, 1.807) is 6.20 Å². The summed E-state index contributed by atoms with van der Waals surface area (Å²) >= 11 is 1.85. The molecule has 1 aromatic rings. The average Bonchev–Trinajstić information content (AvgIpc) is 2.72. The highest BCUT2D eigenvalue weighted by atomic mass is 32.2. The molecular formula is C22H28N4S. The van der Waals surface area contributed by atoms with Crippen molar-refractivity contribution >= 4 is 29.2 Å². The first kappa shape index (κ1) is 19.6. The van der Waals surface area contributed by atoms with E-state index >= 15 is 0 Å². The van der Waals surface area contributed by atoms with Crippen LogP contribution in [0.2, 0.25) is 0 Å². The van der Waals surface area contributed by atoms with E-state index in [2.05, 4.69) is 51.7 Å². The maximum atomic E-state index is 4.75. The Morgan fingerprint density at radius 2 is 1.96 bits per heavy atom. The summed E-state index contributed by atoms with van der Waals surface area (Å²) in [7, 11) is 1.87. The summed E-state index contributed by atoms with van der Waals surface area (Å²) in [5.41, 5.74) is 5.13. The van der Waals surface area contributed by atoms with Gasteiger partial charge in [-0.2, -0.15) is 0 Å². The largest absolute Gasteiger partial charge is 0.371 e. The van der Waals surface area contributed by atoms with Crippen molar-refractivity contribution in [2.75, 3.05) is 26.4 Å². The molecule has 1 aromatic carbocycles. The molecule has 0 atom stereocenters. The van der Waals surface area contributed by atoms with Gasteiger partial charge in [-0.3, -0.25) is 9.30 Å². The third kappa shape index (κ3) is 4.60. The summed E-state index contributed by atoms with van der Waals surface area (Å²) < 4.78 is 2.45. The van der Waals surface area contributed by atoms with Gasteiger partial charge in [-0.1, -0.05) is 48.9 Å². The molecule has 5 heteroatoms. The van der Waals surface area contributed by atoms with E-state index in [9.17, 15) is 0 Å². The molecule has 3 rings (SSSR count). The van der Waals surface area contributed by atoms with Crippen LogP contribution in [0.4, 0.5) is 0 Å².